The first-order valence-electron chi connectivity index (χ1n) is 11.9. The van der Waals surface area contributed by atoms with E-state index in [1.807, 2.05) is 19.1 Å². The Morgan fingerprint density at radius 2 is 1.84 bits per heavy atom. The van der Waals surface area contributed by atoms with Crippen LogP contribution >= 0.6 is 23.2 Å². The molecule has 1 aliphatic rings. The van der Waals surface area contributed by atoms with Gasteiger partial charge in [0, 0.05) is 44.2 Å². The maximum Gasteiger partial charge on any atom is 0.259 e. The Kier molecular flexibility index (Phi) is 7.52. The molecule has 2 aromatic heterocycles. The van der Waals surface area contributed by atoms with E-state index in [9.17, 15) is 9.00 Å². The van der Waals surface area contributed by atoms with Gasteiger partial charge >= 0.3 is 0 Å². The first-order valence-corrected chi connectivity index (χ1v) is 14.0. The van der Waals surface area contributed by atoms with Crippen LogP contribution in [0.5, 0.6) is 5.88 Å². The number of anilines is 1. The molecule has 1 aliphatic carbocycles. The number of aromatic nitrogens is 3. The molecule has 0 aliphatic heterocycles. The fourth-order valence-corrected chi connectivity index (χ4v) is 5.91. The quantitative estimate of drug-likeness (QED) is 0.269. The van der Waals surface area contributed by atoms with Crippen LogP contribution in [-0.2, 0) is 27.4 Å². The van der Waals surface area contributed by atoms with Crippen molar-refractivity contribution in [3.05, 3.63) is 81.7 Å². The van der Waals surface area contributed by atoms with Gasteiger partial charge in [0.15, 0.2) is 5.82 Å². The molecule has 1 amide bonds. The molecule has 2 aromatic carbocycles. The van der Waals surface area contributed by atoms with Gasteiger partial charge in [-0.15, -0.1) is 0 Å². The maximum atomic E-state index is 12.7. The summed E-state index contributed by atoms with van der Waals surface area (Å²) >= 11 is 13.4. The van der Waals surface area contributed by atoms with Crippen molar-refractivity contribution >= 4 is 45.6 Å². The van der Waals surface area contributed by atoms with E-state index in [0.717, 1.165) is 23.3 Å². The summed E-state index contributed by atoms with van der Waals surface area (Å²) in [5.74, 6) is 1.65. The number of ether oxygens (including phenoxy) is 1. The second kappa shape index (κ2) is 10.8. The summed E-state index contributed by atoms with van der Waals surface area (Å²) in [6, 6.07) is 14.1. The van der Waals surface area contributed by atoms with E-state index >= 15 is 0 Å². The van der Waals surface area contributed by atoms with Crippen molar-refractivity contribution in [2.45, 2.75) is 36.5 Å². The molecule has 1 fully saturated rings. The number of halogens is 2. The van der Waals surface area contributed by atoms with Crippen LogP contribution in [0, 0.1) is 0 Å². The van der Waals surface area contributed by atoms with Crippen LogP contribution < -0.4 is 10.1 Å². The van der Waals surface area contributed by atoms with Gasteiger partial charge in [-0.25, -0.2) is 4.98 Å². The summed E-state index contributed by atoms with van der Waals surface area (Å²) in [6.07, 6.45) is 3.28. The number of benzene rings is 2. The van der Waals surface area contributed by atoms with Crippen molar-refractivity contribution in [1.82, 2.24) is 15.1 Å². The van der Waals surface area contributed by atoms with E-state index < -0.39 is 16.2 Å². The number of nitrogens with zero attached hydrogens (tertiary/aromatic N) is 3. The highest BCUT2D eigenvalue weighted by Gasteiger charge is 2.52. The Labute approximate surface area is 232 Å². The van der Waals surface area contributed by atoms with Crippen molar-refractivity contribution < 1.29 is 18.3 Å². The second-order valence-corrected chi connectivity index (χ2v) is 11.5. The van der Waals surface area contributed by atoms with E-state index in [1.54, 1.807) is 49.7 Å². The van der Waals surface area contributed by atoms with Crippen molar-refractivity contribution in [3.63, 3.8) is 0 Å². The first-order chi connectivity index (χ1) is 18.3. The van der Waals surface area contributed by atoms with Crippen molar-refractivity contribution in [2.75, 3.05) is 18.2 Å². The zero-order chi connectivity index (χ0) is 26.9. The summed E-state index contributed by atoms with van der Waals surface area (Å²) in [7, 11) is 0.518. The smallest absolute Gasteiger partial charge is 0.259 e. The predicted octanol–water partition coefficient (Wildman–Crippen LogP) is 5.84. The summed E-state index contributed by atoms with van der Waals surface area (Å²) < 4.78 is 22.5. The molecule has 1 saturated carbocycles. The third-order valence-electron chi connectivity index (χ3n) is 6.41. The van der Waals surface area contributed by atoms with E-state index in [4.69, 9.17) is 32.5 Å². The predicted molar refractivity (Wildman–Crippen MR) is 146 cm³/mol. The van der Waals surface area contributed by atoms with Crippen LogP contribution in [0.3, 0.4) is 0 Å². The molecule has 196 valence electrons. The molecular weight excluding hydrogens is 547 g/mol. The van der Waals surface area contributed by atoms with Gasteiger partial charge in [-0.05, 0) is 48.7 Å². The molecule has 1 unspecified atom stereocenters. The molecule has 11 heteroatoms. The fourth-order valence-electron chi connectivity index (χ4n) is 4.29. The summed E-state index contributed by atoms with van der Waals surface area (Å²) in [4.78, 5) is 22.2. The molecule has 1 N–H and O–H groups in total. The highest BCUT2D eigenvalue weighted by atomic mass is 35.5. The molecule has 38 heavy (non-hydrogen) atoms. The minimum atomic E-state index is -1.03. The lowest BCUT2D eigenvalue weighted by atomic mass is 9.94. The Hall–Kier alpha value is -3.27. The minimum absolute atomic E-state index is 0.159. The number of pyridine rings is 1. The summed E-state index contributed by atoms with van der Waals surface area (Å²) in [5, 5.41) is 7.90. The van der Waals surface area contributed by atoms with Crippen molar-refractivity contribution in [3.8, 4) is 17.3 Å². The number of hydrogen-bond acceptors (Lipinski definition) is 7. The molecule has 4 aromatic rings. The normalized spacial score (nSPS) is 14.6. The molecule has 2 heterocycles. The Balaban J connectivity index is 1.31. The summed E-state index contributed by atoms with van der Waals surface area (Å²) in [6.45, 7) is 1.86. The Morgan fingerprint density at radius 3 is 2.42 bits per heavy atom. The van der Waals surface area contributed by atoms with E-state index in [-0.39, 0.29) is 12.3 Å². The van der Waals surface area contributed by atoms with Gasteiger partial charge in [-0.1, -0.05) is 47.4 Å². The number of rotatable bonds is 9. The lowest BCUT2D eigenvalue weighted by Crippen LogP contribution is -2.16. The van der Waals surface area contributed by atoms with Gasteiger partial charge in [0.1, 0.15) is 0 Å². The Bertz CT molecular complexity index is 1480. The lowest BCUT2D eigenvalue weighted by molar-refractivity contribution is -0.115. The van der Waals surface area contributed by atoms with Crippen LogP contribution in [0.2, 0.25) is 10.0 Å². The Morgan fingerprint density at radius 1 is 1.13 bits per heavy atom. The van der Waals surface area contributed by atoms with Crippen molar-refractivity contribution in [1.29, 1.82) is 0 Å². The van der Waals surface area contributed by atoms with E-state index in [1.165, 1.54) is 0 Å². The number of nitrogens with one attached hydrogen (secondary N) is 1. The number of hydrogen-bond donors (Lipinski definition) is 1. The minimum Gasteiger partial charge on any atom is -0.481 e. The molecule has 1 atom stereocenters. The number of amides is 1. The third kappa shape index (κ3) is 5.32. The highest BCUT2D eigenvalue weighted by Crippen LogP contribution is 2.57. The largest absolute Gasteiger partial charge is 0.481 e. The highest BCUT2D eigenvalue weighted by molar-refractivity contribution is 7.85. The molecule has 0 saturated heterocycles. The SMILES string of the molecule is CCS(=O)c1ccc(CC(=O)Nc2cc(Cl)c(C3(c4noc(-c5ccc(OC)nc5)n4)CC3)c(Cl)c2)cc1. The van der Waals surface area contributed by atoms with Crippen LogP contribution in [-0.4, -0.2) is 38.1 Å². The second-order valence-electron chi connectivity index (χ2n) is 8.91. The molecular formula is C27H24Cl2N4O4S. The zero-order valence-electron chi connectivity index (χ0n) is 20.7. The standard InChI is InChI=1S/C27H24Cl2N4O4S/c1-3-38(35)19-7-4-16(5-8-19)12-22(34)31-18-13-20(28)24(21(29)14-18)27(10-11-27)26-32-25(37-33-26)17-6-9-23(36-2)30-15-17/h4-9,13-15H,3,10-12H2,1-2H3,(H,31,34). The number of methoxy groups -OCH3 is 1. The molecule has 0 bridgehead atoms. The number of carbonyl (C=O) groups is 1. The maximum absolute atomic E-state index is 12.7. The monoisotopic (exact) mass is 570 g/mol. The third-order valence-corrected chi connectivity index (χ3v) is 8.33. The van der Waals surface area contributed by atoms with Gasteiger partial charge in [0.25, 0.3) is 5.89 Å². The molecule has 0 spiro atoms. The van der Waals surface area contributed by atoms with Gasteiger partial charge in [0.05, 0.1) is 35.3 Å². The van der Waals surface area contributed by atoms with Gasteiger partial charge < -0.3 is 14.6 Å². The van der Waals surface area contributed by atoms with E-state index in [2.05, 4.69) is 20.4 Å². The zero-order valence-corrected chi connectivity index (χ0v) is 23.0. The topological polar surface area (TPSA) is 107 Å². The summed E-state index contributed by atoms with van der Waals surface area (Å²) in [5.41, 5.74) is 2.12. The van der Waals surface area contributed by atoms with Crippen LogP contribution in [0.1, 0.15) is 36.7 Å². The van der Waals surface area contributed by atoms with Crippen LogP contribution in [0.15, 0.2) is 64.1 Å². The van der Waals surface area contributed by atoms with Gasteiger partial charge in [-0.3, -0.25) is 9.00 Å². The first kappa shape index (κ1) is 26.3. The van der Waals surface area contributed by atoms with E-state index in [0.29, 0.717) is 50.2 Å². The lowest BCUT2D eigenvalue weighted by Gasteiger charge is -2.17. The fraction of sp³-hybridized carbons (Fsp3) is 0.259. The van der Waals surface area contributed by atoms with Gasteiger partial charge in [-0.2, -0.15) is 4.98 Å². The molecule has 0 radical (unpaired) electrons. The molecule has 8 nitrogen and oxygen atoms in total. The van der Waals surface area contributed by atoms with Gasteiger partial charge in [0.2, 0.25) is 11.8 Å². The average Bonchev–Trinajstić information content (AvgIpc) is 3.54. The van der Waals surface area contributed by atoms with Crippen LogP contribution in [0.25, 0.3) is 11.5 Å². The number of carbonyl (C=O) groups excluding carboxylic acids is 1. The van der Waals surface area contributed by atoms with Crippen molar-refractivity contribution in [2.24, 2.45) is 0 Å². The molecule has 5 rings (SSSR count). The average molecular weight is 571 g/mol. The van der Waals surface area contributed by atoms with Crippen LogP contribution in [0.4, 0.5) is 5.69 Å².